The minimum atomic E-state index is -0.246. The highest BCUT2D eigenvalue weighted by Gasteiger charge is 2.13. The van der Waals surface area contributed by atoms with Gasteiger partial charge in [-0.15, -0.1) is 0 Å². The summed E-state index contributed by atoms with van der Waals surface area (Å²) in [5.41, 5.74) is 1.89. The quantitative estimate of drug-likeness (QED) is 0.841. The van der Waals surface area contributed by atoms with Gasteiger partial charge in [0.05, 0.1) is 22.0 Å². The van der Waals surface area contributed by atoms with Crippen molar-refractivity contribution in [2.75, 3.05) is 0 Å². The number of hydrogen-bond acceptors (Lipinski definition) is 2. The molecule has 0 amide bonds. The molecule has 0 radical (unpaired) electrons. The Labute approximate surface area is 116 Å². The number of aromatic nitrogens is 1. The molecule has 0 aliphatic rings. The van der Waals surface area contributed by atoms with Crippen molar-refractivity contribution in [1.29, 1.82) is 5.26 Å². The molecular weight excluding hydrogens is 267 g/mol. The highest BCUT2D eigenvalue weighted by Crippen LogP contribution is 2.27. The molecule has 0 N–H and O–H groups in total. The molecule has 90 valence electrons. The molecule has 0 spiro atoms. The highest BCUT2D eigenvalue weighted by atomic mass is 35.5. The van der Waals surface area contributed by atoms with Crippen molar-refractivity contribution in [3.05, 3.63) is 63.9 Å². The lowest BCUT2D eigenvalue weighted by Gasteiger charge is -2.10. The molecule has 0 fully saturated rings. The van der Waals surface area contributed by atoms with Gasteiger partial charge in [-0.2, -0.15) is 5.26 Å². The van der Waals surface area contributed by atoms with Gasteiger partial charge in [0.15, 0.2) is 0 Å². The molecule has 0 bridgehead atoms. The fourth-order valence-electron chi connectivity index (χ4n) is 1.72. The zero-order valence-corrected chi connectivity index (χ0v) is 11.0. The van der Waals surface area contributed by atoms with Gasteiger partial charge >= 0.3 is 0 Å². The Bertz CT molecular complexity index is 576. The van der Waals surface area contributed by atoms with E-state index in [-0.39, 0.29) is 5.92 Å². The lowest BCUT2D eigenvalue weighted by Crippen LogP contribution is -2.00. The van der Waals surface area contributed by atoms with Gasteiger partial charge in [-0.3, -0.25) is 4.98 Å². The maximum atomic E-state index is 9.25. The van der Waals surface area contributed by atoms with E-state index in [1.165, 1.54) is 0 Å². The molecule has 0 saturated heterocycles. The standard InChI is InChI=1S/C14H10Cl2N2/c15-13-4-3-11(7-14(13)16)12(8-17)6-10-2-1-5-18-9-10/h1-5,7,9,12H,6H2. The van der Waals surface area contributed by atoms with E-state index in [0.717, 1.165) is 11.1 Å². The second kappa shape index (κ2) is 5.86. The van der Waals surface area contributed by atoms with Crippen LogP contribution in [-0.2, 0) is 6.42 Å². The van der Waals surface area contributed by atoms with Crippen LogP contribution in [0, 0.1) is 11.3 Å². The smallest absolute Gasteiger partial charge is 0.0754 e. The molecule has 2 rings (SSSR count). The largest absolute Gasteiger partial charge is 0.264 e. The van der Waals surface area contributed by atoms with Crippen molar-refractivity contribution in [3.63, 3.8) is 0 Å². The van der Waals surface area contributed by atoms with E-state index in [1.807, 2.05) is 18.2 Å². The Hall–Kier alpha value is -1.56. The molecule has 0 saturated carbocycles. The van der Waals surface area contributed by atoms with Gasteiger partial charge in [0.25, 0.3) is 0 Å². The topological polar surface area (TPSA) is 36.7 Å². The fraction of sp³-hybridized carbons (Fsp3) is 0.143. The summed E-state index contributed by atoms with van der Waals surface area (Å²) in [6.07, 6.45) is 4.09. The third-order valence-corrected chi connectivity index (χ3v) is 3.40. The molecule has 1 unspecified atom stereocenters. The zero-order chi connectivity index (χ0) is 13.0. The Morgan fingerprint density at radius 2 is 2.06 bits per heavy atom. The SMILES string of the molecule is N#CC(Cc1cccnc1)c1ccc(Cl)c(Cl)c1. The Kier molecular flexibility index (Phi) is 4.19. The van der Waals surface area contributed by atoms with E-state index in [1.54, 1.807) is 24.5 Å². The van der Waals surface area contributed by atoms with Crippen LogP contribution in [-0.4, -0.2) is 4.98 Å². The number of nitrogens with zero attached hydrogens (tertiary/aromatic N) is 2. The Balaban J connectivity index is 2.24. The van der Waals surface area contributed by atoms with E-state index in [4.69, 9.17) is 23.2 Å². The zero-order valence-electron chi connectivity index (χ0n) is 9.48. The van der Waals surface area contributed by atoms with Crippen LogP contribution in [0.3, 0.4) is 0 Å². The normalized spacial score (nSPS) is 11.8. The molecule has 2 aromatic rings. The molecule has 18 heavy (non-hydrogen) atoms. The maximum absolute atomic E-state index is 9.25. The maximum Gasteiger partial charge on any atom is 0.0754 e. The van der Waals surface area contributed by atoms with Gasteiger partial charge in [-0.05, 0) is 35.7 Å². The van der Waals surface area contributed by atoms with Crippen LogP contribution in [0.2, 0.25) is 10.0 Å². The van der Waals surface area contributed by atoms with E-state index in [2.05, 4.69) is 11.1 Å². The van der Waals surface area contributed by atoms with E-state index in [9.17, 15) is 5.26 Å². The highest BCUT2D eigenvalue weighted by molar-refractivity contribution is 6.42. The number of benzene rings is 1. The fourth-order valence-corrected chi connectivity index (χ4v) is 2.03. The number of hydrogen-bond donors (Lipinski definition) is 0. The third-order valence-electron chi connectivity index (χ3n) is 2.66. The van der Waals surface area contributed by atoms with E-state index in [0.29, 0.717) is 16.5 Å². The van der Waals surface area contributed by atoms with Gasteiger partial charge < -0.3 is 0 Å². The molecule has 1 atom stereocenters. The molecule has 0 aliphatic carbocycles. The van der Waals surface area contributed by atoms with Crippen LogP contribution in [0.5, 0.6) is 0 Å². The lowest BCUT2D eigenvalue weighted by atomic mass is 9.94. The van der Waals surface area contributed by atoms with Crippen molar-refractivity contribution >= 4 is 23.2 Å². The van der Waals surface area contributed by atoms with Crippen LogP contribution in [0.1, 0.15) is 17.0 Å². The Morgan fingerprint density at radius 1 is 1.22 bits per heavy atom. The van der Waals surface area contributed by atoms with Crippen LogP contribution >= 0.6 is 23.2 Å². The second-order valence-electron chi connectivity index (χ2n) is 3.92. The summed E-state index contributed by atoms with van der Waals surface area (Å²) in [6, 6.07) is 11.4. The van der Waals surface area contributed by atoms with Crippen LogP contribution in [0.15, 0.2) is 42.7 Å². The molecule has 2 nitrogen and oxygen atoms in total. The molecular formula is C14H10Cl2N2. The summed E-state index contributed by atoms with van der Waals surface area (Å²) >= 11 is 11.8. The average Bonchev–Trinajstić information content (AvgIpc) is 2.40. The van der Waals surface area contributed by atoms with Gasteiger partial charge in [0, 0.05) is 12.4 Å². The summed E-state index contributed by atoms with van der Waals surface area (Å²) in [5, 5.41) is 10.2. The summed E-state index contributed by atoms with van der Waals surface area (Å²) in [4.78, 5) is 4.04. The molecule has 0 aliphatic heterocycles. The first-order chi connectivity index (χ1) is 8.70. The first-order valence-electron chi connectivity index (χ1n) is 5.44. The van der Waals surface area contributed by atoms with Gasteiger partial charge in [0.2, 0.25) is 0 Å². The summed E-state index contributed by atoms with van der Waals surface area (Å²) in [5.74, 6) is -0.246. The summed E-state index contributed by atoms with van der Waals surface area (Å²) in [7, 11) is 0. The number of pyridine rings is 1. The van der Waals surface area contributed by atoms with E-state index < -0.39 is 0 Å². The summed E-state index contributed by atoms with van der Waals surface area (Å²) < 4.78 is 0. The van der Waals surface area contributed by atoms with Crippen LogP contribution in [0.4, 0.5) is 0 Å². The van der Waals surface area contributed by atoms with Gasteiger partial charge in [-0.1, -0.05) is 35.3 Å². The molecule has 1 aromatic heterocycles. The van der Waals surface area contributed by atoms with Gasteiger partial charge in [0.1, 0.15) is 0 Å². The van der Waals surface area contributed by atoms with Crippen LogP contribution < -0.4 is 0 Å². The predicted octanol–water partition coefficient (Wildman–Crippen LogP) is 4.24. The number of halogens is 2. The summed E-state index contributed by atoms with van der Waals surface area (Å²) in [6.45, 7) is 0. The van der Waals surface area contributed by atoms with Crippen molar-refractivity contribution < 1.29 is 0 Å². The van der Waals surface area contributed by atoms with E-state index >= 15 is 0 Å². The molecule has 4 heteroatoms. The lowest BCUT2D eigenvalue weighted by molar-refractivity contribution is 0.844. The van der Waals surface area contributed by atoms with Crippen molar-refractivity contribution in [1.82, 2.24) is 4.98 Å². The minimum Gasteiger partial charge on any atom is -0.264 e. The monoisotopic (exact) mass is 276 g/mol. The number of nitriles is 1. The first kappa shape index (κ1) is 12.9. The number of rotatable bonds is 3. The van der Waals surface area contributed by atoms with Crippen molar-refractivity contribution in [3.8, 4) is 6.07 Å². The van der Waals surface area contributed by atoms with Gasteiger partial charge in [-0.25, -0.2) is 0 Å². The molecule has 1 aromatic carbocycles. The average molecular weight is 277 g/mol. The predicted molar refractivity (Wildman–Crippen MR) is 72.8 cm³/mol. The van der Waals surface area contributed by atoms with Crippen molar-refractivity contribution in [2.24, 2.45) is 0 Å². The van der Waals surface area contributed by atoms with Crippen molar-refractivity contribution in [2.45, 2.75) is 12.3 Å². The first-order valence-corrected chi connectivity index (χ1v) is 6.20. The van der Waals surface area contributed by atoms with Crippen LogP contribution in [0.25, 0.3) is 0 Å². The second-order valence-corrected chi connectivity index (χ2v) is 4.74. The minimum absolute atomic E-state index is 0.246. The third kappa shape index (κ3) is 3.01. The Morgan fingerprint density at radius 3 is 2.67 bits per heavy atom. The molecule has 1 heterocycles.